The van der Waals surface area contributed by atoms with E-state index in [1.54, 1.807) is 7.11 Å². The fraction of sp³-hybridized carbons (Fsp3) is 0.250. The third-order valence-electron chi connectivity index (χ3n) is 7.88. The average molecular weight is 759 g/mol. The summed E-state index contributed by atoms with van der Waals surface area (Å²) in [6.45, 7) is 1.26. The number of hydrogen-bond acceptors (Lipinski definition) is 5. The molecule has 242 valence electrons. The Morgan fingerprint density at radius 3 is 1.26 bits per heavy atom. The van der Waals surface area contributed by atoms with Crippen LogP contribution < -0.4 is 8.92 Å². The van der Waals surface area contributed by atoms with Crippen LogP contribution in [0.25, 0.3) is 0 Å². The third-order valence-corrected chi connectivity index (χ3v) is 14.4. The number of benzene rings is 5. The van der Waals surface area contributed by atoms with E-state index in [0.717, 1.165) is 16.7 Å². The maximum absolute atomic E-state index is 7.01. The molecule has 0 unspecified atom stereocenters. The van der Waals surface area contributed by atoms with Gasteiger partial charge in [-0.05, 0) is 0 Å². The molecule has 1 fully saturated rings. The fourth-order valence-electron chi connectivity index (χ4n) is 5.52. The second kappa shape index (κ2) is 17.9. The SMILES string of the molecule is CO[C@H]1O[C@H](C([Se]c2ccccc2)[Se]c2ccccc2)[C@@H](OCc2ccccc2)[C@H](OCc2ccccc2)[C@H]1OCc1ccccc1. The van der Waals surface area contributed by atoms with Crippen LogP contribution in [0.15, 0.2) is 152 Å². The van der Waals surface area contributed by atoms with Gasteiger partial charge in [-0.3, -0.25) is 0 Å². The molecule has 5 aromatic carbocycles. The van der Waals surface area contributed by atoms with Gasteiger partial charge in [0.2, 0.25) is 0 Å². The molecule has 1 aliphatic heterocycles. The van der Waals surface area contributed by atoms with E-state index in [1.807, 2.05) is 54.6 Å². The molecule has 5 nitrogen and oxygen atoms in total. The molecule has 5 aromatic rings. The van der Waals surface area contributed by atoms with Crippen LogP contribution in [0.4, 0.5) is 0 Å². The van der Waals surface area contributed by atoms with Gasteiger partial charge in [-0.15, -0.1) is 0 Å². The van der Waals surface area contributed by atoms with E-state index in [1.165, 1.54) is 8.92 Å². The van der Waals surface area contributed by atoms with Crippen LogP contribution in [0.2, 0.25) is 3.71 Å². The zero-order chi connectivity index (χ0) is 32.1. The summed E-state index contributed by atoms with van der Waals surface area (Å²) >= 11 is 0.187. The molecule has 0 spiro atoms. The normalized spacial score (nSPS) is 21.1. The van der Waals surface area contributed by atoms with E-state index in [9.17, 15) is 0 Å². The van der Waals surface area contributed by atoms with Gasteiger partial charge in [-0.1, -0.05) is 0 Å². The first-order chi connectivity index (χ1) is 23.3. The fourth-order valence-corrected chi connectivity index (χ4v) is 12.5. The molecule has 0 amide bonds. The van der Waals surface area contributed by atoms with Gasteiger partial charge in [0.25, 0.3) is 0 Å². The first-order valence-electron chi connectivity index (χ1n) is 15.8. The summed E-state index contributed by atoms with van der Waals surface area (Å²) in [6.07, 6.45) is -2.31. The number of ether oxygens (including phenoxy) is 5. The van der Waals surface area contributed by atoms with Crippen LogP contribution in [0.5, 0.6) is 0 Å². The summed E-state index contributed by atoms with van der Waals surface area (Å²) in [6, 6.07) is 52.3. The summed E-state index contributed by atoms with van der Waals surface area (Å²) in [5.74, 6) is 0. The van der Waals surface area contributed by atoms with E-state index >= 15 is 0 Å². The minimum absolute atomic E-state index is 0.0934. The zero-order valence-corrected chi connectivity index (χ0v) is 29.8. The van der Waals surface area contributed by atoms with E-state index in [2.05, 4.69) is 97.1 Å². The molecule has 47 heavy (non-hydrogen) atoms. The van der Waals surface area contributed by atoms with Gasteiger partial charge in [-0.25, -0.2) is 0 Å². The van der Waals surface area contributed by atoms with Crippen molar-refractivity contribution < 1.29 is 23.7 Å². The Morgan fingerprint density at radius 2 is 0.851 bits per heavy atom. The summed E-state index contributed by atoms with van der Waals surface area (Å²) < 4.78 is 36.5. The molecule has 1 aliphatic rings. The average Bonchev–Trinajstić information content (AvgIpc) is 3.14. The summed E-state index contributed by atoms with van der Waals surface area (Å²) in [4.78, 5) is 0. The van der Waals surface area contributed by atoms with Crippen molar-refractivity contribution in [3.8, 4) is 0 Å². The van der Waals surface area contributed by atoms with Crippen molar-refractivity contribution in [3.05, 3.63) is 168 Å². The topological polar surface area (TPSA) is 46.2 Å². The molecular weight excluding hydrogens is 718 g/mol. The van der Waals surface area contributed by atoms with Gasteiger partial charge in [0.05, 0.1) is 0 Å². The number of methoxy groups -OCH3 is 1. The van der Waals surface area contributed by atoms with Crippen LogP contribution in [0, 0.1) is 0 Å². The van der Waals surface area contributed by atoms with Crippen molar-refractivity contribution >= 4 is 38.8 Å². The molecule has 0 aliphatic carbocycles. The standard InChI is InChI=1S/C40H40O5Se2/c1-41-39-37(44-29-32-21-11-4-12-22-32)35(42-27-30-17-7-2-8-18-30)36(43-28-31-19-9-3-10-20-31)38(45-39)40(46-33-23-13-5-14-24-33)47-34-25-15-6-16-26-34/h2-26,35-40H,27-29H2,1H3/t35-,36-,37+,38-,39-/m0/s1. The van der Waals surface area contributed by atoms with Gasteiger partial charge in [0, 0.05) is 0 Å². The molecule has 6 rings (SSSR count). The van der Waals surface area contributed by atoms with Crippen molar-refractivity contribution in [1.82, 2.24) is 0 Å². The van der Waals surface area contributed by atoms with Crippen molar-refractivity contribution in [3.63, 3.8) is 0 Å². The Hall–Kier alpha value is -3.06. The van der Waals surface area contributed by atoms with E-state index < -0.39 is 24.6 Å². The molecule has 1 saturated heterocycles. The van der Waals surface area contributed by atoms with Crippen molar-refractivity contribution in [1.29, 1.82) is 0 Å². The van der Waals surface area contributed by atoms with Crippen molar-refractivity contribution in [2.24, 2.45) is 0 Å². The van der Waals surface area contributed by atoms with Gasteiger partial charge in [0.15, 0.2) is 0 Å². The van der Waals surface area contributed by atoms with Gasteiger partial charge in [-0.2, -0.15) is 0 Å². The summed E-state index contributed by atoms with van der Waals surface area (Å²) in [5.41, 5.74) is 3.26. The van der Waals surface area contributed by atoms with Crippen LogP contribution in [-0.4, -0.2) is 67.7 Å². The Bertz CT molecular complexity index is 1540. The predicted molar refractivity (Wildman–Crippen MR) is 188 cm³/mol. The molecule has 0 saturated carbocycles. The molecule has 0 radical (unpaired) electrons. The second-order valence-corrected chi connectivity index (χ2v) is 17.8. The quantitative estimate of drug-likeness (QED) is 0.124. The van der Waals surface area contributed by atoms with E-state index in [4.69, 9.17) is 23.7 Å². The molecular formula is C40H40O5Se2. The molecule has 5 atom stereocenters. The minimum atomic E-state index is -0.637. The zero-order valence-electron chi connectivity index (χ0n) is 26.4. The summed E-state index contributed by atoms with van der Waals surface area (Å²) in [5, 5.41) is 0. The number of hydrogen-bond donors (Lipinski definition) is 0. The Balaban J connectivity index is 1.37. The van der Waals surface area contributed by atoms with Crippen molar-refractivity contribution in [2.45, 2.75) is 54.2 Å². The van der Waals surface area contributed by atoms with Crippen LogP contribution in [0.1, 0.15) is 16.7 Å². The van der Waals surface area contributed by atoms with E-state index in [-0.39, 0.29) is 39.7 Å². The number of rotatable bonds is 15. The Kier molecular flexibility index (Phi) is 12.9. The maximum atomic E-state index is 7.01. The van der Waals surface area contributed by atoms with E-state index in [0.29, 0.717) is 19.8 Å². The third kappa shape index (κ3) is 9.74. The van der Waals surface area contributed by atoms with Gasteiger partial charge >= 0.3 is 292 Å². The van der Waals surface area contributed by atoms with Crippen LogP contribution >= 0.6 is 0 Å². The Morgan fingerprint density at radius 1 is 0.489 bits per heavy atom. The van der Waals surface area contributed by atoms with Gasteiger partial charge < -0.3 is 0 Å². The molecule has 7 heteroatoms. The second-order valence-electron chi connectivity index (χ2n) is 11.2. The van der Waals surface area contributed by atoms with Crippen molar-refractivity contribution in [2.75, 3.05) is 7.11 Å². The molecule has 0 bridgehead atoms. The Labute approximate surface area is 290 Å². The van der Waals surface area contributed by atoms with Crippen LogP contribution in [0.3, 0.4) is 0 Å². The predicted octanol–water partition coefficient (Wildman–Crippen LogP) is 5.92. The monoisotopic (exact) mass is 760 g/mol. The first kappa shape index (κ1) is 33.8. The first-order valence-corrected chi connectivity index (χ1v) is 19.5. The molecule has 0 N–H and O–H groups in total. The molecule has 0 aromatic heterocycles. The molecule has 1 heterocycles. The van der Waals surface area contributed by atoms with Crippen LogP contribution in [-0.2, 0) is 43.5 Å². The summed E-state index contributed by atoms with van der Waals surface area (Å²) in [7, 11) is 1.69. The van der Waals surface area contributed by atoms with Gasteiger partial charge in [0.1, 0.15) is 0 Å².